The van der Waals surface area contributed by atoms with Gasteiger partial charge in [-0.3, -0.25) is 10.1 Å². The van der Waals surface area contributed by atoms with Gasteiger partial charge >= 0.3 is 5.69 Å². The summed E-state index contributed by atoms with van der Waals surface area (Å²) in [7, 11) is 0. The van der Waals surface area contributed by atoms with E-state index in [1.165, 1.54) is 6.07 Å². The van der Waals surface area contributed by atoms with Crippen molar-refractivity contribution in [3.05, 3.63) is 22.2 Å². The summed E-state index contributed by atoms with van der Waals surface area (Å²) in [6.07, 6.45) is 0.834. The van der Waals surface area contributed by atoms with Gasteiger partial charge in [0.05, 0.1) is 10.6 Å². The molecule has 0 aliphatic rings. The minimum absolute atomic E-state index is 0.0753. The number of nitrogens with zero attached hydrogens (tertiary/aromatic N) is 3. The Bertz CT molecular complexity index is 564. The second-order valence-corrected chi connectivity index (χ2v) is 3.84. The molecule has 0 spiro atoms. The van der Waals surface area contributed by atoms with Gasteiger partial charge in [-0.1, -0.05) is 6.92 Å². The summed E-state index contributed by atoms with van der Waals surface area (Å²) >= 11 is 0. The van der Waals surface area contributed by atoms with Crippen molar-refractivity contribution in [1.29, 1.82) is 0 Å². The maximum absolute atomic E-state index is 10.8. The summed E-state index contributed by atoms with van der Waals surface area (Å²) in [5.74, 6) is 0. The standard InChI is InChI=1S/C10H13N5O3/c1-2-6(5-11)12-7-3-4-8(15(16)17)10-9(7)13-18-14-10/h3-4,6,12H,2,5,11H2,1H3. The monoisotopic (exact) mass is 251 g/mol. The maximum Gasteiger partial charge on any atom is 0.300 e. The van der Waals surface area contributed by atoms with E-state index in [9.17, 15) is 10.1 Å². The van der Waals surface area contributed by atoms with E-state index in [4.69, 9.17) is 5.73 Å². The van der Waals surface area contributed by atoms with E-state index >= 15 is 0 Å². The Morgan fingerprint density at radius 1 is 1.50 bits per heavy atom. The lowest BCUT2D eigenvalue weighted by Gasteiger charge is -2.15. The number of benzene rings is 1. The molecule has 0 saturated carbocycles. The third-order valence-corrected chi connectivity index (χ3v) is 2.73. The average Bonchev–Trinajstić information content (AvgIpc) is 2.84. The molecule has 1 atom stereocenters. The molecule has 2 rings (SSSR count). The Labute approximate surface area is 102 Å². The number of anilines is 1. The number of nitrogens with two attached hydrogens (primary N) is 1. The van der Waals surface area contributed by atoms with E-state index in [1.54, 1.807) is 6.07 Å². The molecule has 0 saturated heterocycles. The van der Waals surface area contributed by atoms with Gasteiger partial charge in [-0.25, -0.2) is 4.63 Å². The number of aromatic nitrogens is 2. The van der Waals surface area contributed by atoms with Crippen LogP contribution in [0.2, 0.25) is 0 Å². The van der Waals surface area contributed by atoms with Gasteiger partial charge in [0.1, 0.15) is 0 Å². The zero-order valence-electron chi connectivity index (χ0n) is 9.79. The molecule has 1 heterocycles. The Morgan fingerprint density at radius 2 is 2.22 bits per heavy atom. The van der Waals surface area contributed by atoms with Gasteiger partial charge in [0.2, 0.25) is 5.52 Å². The first-order valence-electron chi connectivity index (χ1n) is 5.53. The highest BCUT2D eigenvalue weighted by Crippen LogP contribution is 2.29. The molecule has 1 aromatic carbocycles. The summed E-state index contributed by atoms with van der Waals surface area (Å²) in [6.45, 7) is 2.45. The van der Waals surface area contributed by atoms with Crippen LogP contribution in [0.4, 0.5) is 11.4 Å². The average molecular weight is 251 g/mol. The number of nitrogens with one attached hydrogen (secondary N) is 1. The van der Waals surface area contributed by atoms with Crippen LogP contribution in [0.3, 0.4) is 0 Å². The Morgan fingerprint density at radius 3 is 2.83 bits per heavy atom. The fourth-order valence-corrected chi connectivity index (χ4v) is 1.66. The fraction of sp³-hybridized carbons (Fsp3) is 0.400. The summed E-state index contributed by atoms with van der Waals surface area (Å²) in [5, 5.41) is 21.2. The molecule has 8 heteroatoms. The highest BCUT2D eigenvalue weighted by molar-refractivity contribution is 5.93. The molecule has 0 aliphatic carbocycles. The van der Waals surface area contributed by atoms with E-state index in [1.807, 2.05) is 6.92 Å². The summed E-state index contributed by atoms with van der Waals surface area (Å²) in [5.41, 5.74) is 6.58. The van der Waals surface area contributed by atoms with Crippen molar-refractivity contribution >= 4 is 22.4 Å². The second kappa shape index (κ2) is 4.96. The van der Waals surface area contributed by atoms with E-state index in [2.05, 4.69) is 20.3 Å². The predicted molar refractivity (Wildman–Crippen MR) is 65.2 cm³/mol. The van der Waals surface area contributed by atoms with Gasteiger partial charge in [0.15, 0.2) is 5.52 Å². The lowest BCUT2D eigenvalue weighted by Crippen LogP contribution is -2.27. The summed E-state index contributed by atoms with van der Waals surface area (Å²) in [4.78, 5) is 10.3. The molecule has 3 N–H and O–H groups in total. The number of nitro benzene ring substituents is 1. The Kier molecular flexibility index (Phi) is 3.38. The largest absolute Gasteiger partial charge is 0.379 e. The smallest absolute Gasteiger partial charge is 0.300 e. The molecular formula is C10H13N5O3. The number of non-ortho nitro benzene ring substituents is 1. The molecular weight excluding hydrogens is 238 g/mol. The molecule has 8 nitrogen and oxygen atoms in total. The van der Waals surface area contributed by atoms with Crippen molar-refractivity contribution in [2.45, 2.75) is 19.4 Å². The minimum Gasteiger partial charge on any atom is -0.379 e. The summed E-state index contributed by atoms with van der Waals surface area (Å²) < 4.78 is 4.57. The van der Waals surface area contributed by atoms with Crippen LogP contribution in [0.15, 0.2) is 16.8 Å². The van der Waals surface area contributed by atoms with E-state index in [0.717, 1.165) is 6.42 Å². The van der Waals surface area contributed by atoms with Crippen molar-refractivity contribution < 1.29 is 9.55 Å². The molecule has 1 aromatic heterocycles. The molecule has 0 amide bonds. The fourth-order valence-electron chi connectivity index (χ4n) is 1.66. The van der Waals surface area contributed by atoms with Crippen LogP contribution in [0.5, 0.6) is 0 Å². The molecule has 96 valence electrons. The number of nitro groups is 1. The zero-order valence-corrected chi connectivity index (χ0v) is 9.79. The highest BCUT2D eigenvalue weighted by Gasteiger charge is 2.20. The van der Waals surface area contributed by atoms with E-state index in [-0.39, 0.29) is 17.2 Å². The van der Waals surface area contributed by atoms with Crippen molar-refractivity contribution in [2.24, 2.45) is 5.73 Å². The first kappa shape index (κ1) is 12.2. The van der Waals surface area contributed by atoms with Crippen molar-refractivity contribution in [3.63, 3.8) is 0 Å². The van der Waals surface area contributed by atoms with Crippen molar-refractivity contribution in [3.8, 4) is 0 Å². The van der Waals surface area contributed by atoms with Crippen LogP contribution in [0.25, 0.3) is 11.0 Å². The van der Waals surface area contributed by atoms with Crippen LogP contribution in [0, 0.1) is 10.1 Å². The van der Waals surface area contributed by atoms with Crippen LogP contribution < -0.4 is 11.1 Å². The number of rotatable bonds is 5. The zero-order chi connectivity index (χ0) is 13.1. The molecule has 1 unspecified atom stereocenters. The van der Waals surface area contributed by atoms with Crippen LogP contribution in [-0.4, -0.2) is 27.8 Å². The van der Waals surface area contributed by atoms with Crippen LogP contribution in [-0.2, 0) is 0 Å². The van der Waals surface area contributed by atoms with Gasteiger partial charge in [0.25, 0.3) is 0 Å². The molecule has 18 heavy (non-hydrogen) atoms. The molecule has 2 aromatic rings. The third kappa shape index (κ3) is 2.09. The topological polar surface area (TPSA) is 120 Å². The Hall–Kier alpha value is -2.22. The first-order chi connectivity index (χ1) is 8.67. The number of hydrogen-bond acceptors (Lipinski definition) is 7. The second-order valence-electron chi connectivity index (χ2n) is 3.84. The van der Waals surface area contributed by atoms with Gasteiger partial charge < -0.3 is 11.1 Å². The third-order valence-electron chi connectivity index (χ3n) is 2.73. The molecule has 0 radical (unpaired) electrons. The number of fused-ring (bicyclic) bond motifs is 1. The normalized spacial score (nSPS) is 12.6. The SMILES string of the molecule is CCC(CN)Nc1ccc([N+](=O)[O-])c2nonc12. The lowest BCUT2D eigenvalue weighted by molar-refractivity contribution is -0.383. The van der Waals surface area contributed by atoms with Gasteiger partial charge in [-0.2, -0.15) is 0 Å². The van der Waals surface area contributed by atoms with Crippen LogP contribution >= 0.6 is 0 Å². The predicted octanol–water partition coefficient (Wildman–Crippen LogP) is 1.28. The molecule has 0 fully saturated rings. The molecule has 0 aliphatic heterocycles. The highest BCUT2D eigenvalue weighted by atomic mass is 16.6. The van der Waals surface area contributed by atoms with Gasteiger partial charge in [-0.05, 0) is 22.8 Å². The summed E-state index contributed by atoms with van der Waals surface area (Å²) in [6, 6.07) is 3.03. The first-order valence-corrected chi connectivity index (χ1v) is 5.53. The van der Waals surface area contributed by atoms with Gasteiger partial charge in [0, 0.05) is 18.7 Å². The Balaban J connectivity index is 2.44. The number of hydrogen-bond donors (Lipinski definition) is 2. The van der Waals surface area contributed by atoms with E-state index in [0.29, 0.717) is 17.7 Å². The van der Waals surface area contributed by atoms with E-state index < -0.39 is 4.92 Å². The maximum atomic E-state index is 10.8. The van der Waals surface area contributed by atoms with Crippen molar-refractivity contribution in [2.75, 3.05) is 11.9 Å². The quantitative estimate of drug-likeness (QED) is 0.606. The van der Waals surface area contributed by atoms with Crippen LogP contribution in [0.1, 0.15) is 13.3 Å². The minimum atomic E-state index is -0.517. The lowest BCUT2D eigenvalue weighted by atomic mass is 10.2. The van der Waals surface area contributed by atoms with Gasteiger partial charge in [-0.15, -0.1) is 0 Å². The molecule has 0 bridgehead atoms. The van der Waals surface area contributed by atoms with Crippen molar-refractivity contribution in [1.82, 2.24) is 10.3 Å².